The lowest BCUT2D eigenvalue weighted by Crippen LogP contribution is -2.18. The van der Waals surface area contributed by atoms with E-state index in [9.17, 15) is 9.59 Å². The number of hydrogen-bond acceptors (Lipinski definition) is 3. The monoisotopic (exact) mass is 278 g/mol. The molecule has 0 atom stereocenters. The highest BCUT2D eigenvalue weighted by atomic mass is 16.5. The molecule has 3 rings (SSSR count). The first kappa shape index (κ1) is 13.3. The van der Waals surface area contributed by atoms with Crippen LogP contribution < -0.4 is 0 Å². The molecule has 0 heterocycles. The third-order valence-electron chi connectivity index (χ3n) is 3.46. The molecule has 3 aromatic rings. The molecule has 0 bridgehead atoms. The number of rotatable bonds is 3. The first-order valence-electron chi connectivity index (χ1n) is 6.84. The van der Waals surface area contributed by atoms with Crippen molar-refractivity contribution in [3.8, 4) is 0 Å². The normalized spacial score (nSPS) is 10.7. The Bertz CT molecular complexity index is 795. The molecule has 0 saturated carbocycles. The van der Waals surface area contributed by atoms with E-state index in [1.165, 1.54) is 0 Å². The van der Waals surface area contributed by atoms with Crippen LogP contribution in [0, 0.1) is 0 Å². The molecule has 0 radical (unpaired) electrons. The average Bonchev–Trinajstić information content (AvgIpc) is 2.52. The van der Waals surface area contributed by atoms with Crippen LogP contribution in [0.25, 0.3) is 21.5 Å². The molecule has 0 aromatic heterocycles. The van der Waals surface area contributed by atoms with Gasteiger partial charge in [-0.05, 0) is 34.5 Å². The van der Waals surface area contributed by atoms with E-state index in [-0.39, 0.29) is 6.61 Å². The Morgan fingerprint density at radius 1 is 0.905 bits per heavy atom. The lowest BCUT2D eigenvalue weighted by Gasteiger charge is -2.10. The molecule has 0 amide bonds. The molecule has 3 heteroatoms. The van der Waals surface area contributed by atoms with Gasteiger partial charge in [0.1, 0.15) is 0 Å². The molecular formula is C18H14O3. The maximum Gasteiger partial charge on any atom is 0.379 e. The molecule has 0 aliphatic carbocycles. The van der Waals surface area contributed by atoms with E-state index in [0.717, 1.165) is 21.5 Å². The van der Waals surface area contributed by atoms with E-state index in [4.69, 9.17) is 4.74 Å². The fourth-order valence-electron chi connectivity index (χ4n) is 2.56. The summed E-state index contributed by atoms with van der Waals surface area (Å²) in [5.41, 5.74) is 0.419. The SMILES string of the molecule is CCOC(=O)C(=O)c1c2ccccc2cc2ccccc12. The van der Waals surface area contributed by atoms with E-state index in [1.807, 2.05) is 54.6 Å². The summed E-state index contributed by atoms with van der Waals surface area (Å²) in [5.74, 6) is -1.40. The van der Waals surface area contributed by atoms with Gasteiger partial charge in [0, 0.05) is 5.56 Å². The quantitative estimate of drug-likeness (QED) is 0.317. The molecule has 0 spiro atoms. The Kier molecular flexibility index (Phi) is 3.40. The van der Waals surface area contributed by atoms with Crippen molar-refractivity contribution in [3.63, 3.8) is 0 Å². The summed E-state index contributed by atoms with van der Waals surface area (Å²) in [6.45, 7) is 1.87. The van der Waals surface area contributed by atoms with E-state index >= 15 is 0 Å². The molecule has 3 nitrogen and oxygen atoms in total. The van der Waals surface area contributed by atoms with E-state index in [0.29, 0.717) is 5.56 Å². The minimum atomic E-state index is -0.806. The Morgan fingerprint density at radius 3 is 1.95 bits per heavy atom. The molecular weight excluding hydrogens is 264 g/mol. The average molecular weight is 278 g/mol. The third kappa shape index (κ3) is 2.27. The van der Waals surface area contributed by atoms with Gasteiger partial charge in [0.05, 0.1) is 6.61 Å². The zero-order valence-corrected chi connectivity index (χ0v) is 11.6. The number of esters is 1. The van der Waals surface area contributed by atoms with Crippen molar-refractivity contribution in [1.82, 2.24) is 0 Å². The topological polar surface area (TPSA) is 43.4 Å². The van der Waals surface area contributed by atoms with Gasteiger partial charge in [-0.3, -0.25) is 4.79 Å². The van der Waals surface area contributed by atoms with Crippen LogP contribution in [0.4, 0.5) is 0 Å². The first-order chi connectivity index (χ1) is 10.2. The molecule has 0 fully saturated rings. The van der Waals surface area contributed by atoms with Gasteiger partial charge in [0.2, 0.25) is 0 Å². The Morgan fingerprint density at radius 2 is 1.43 bits per heavy atom. The van der Waals surface area contributed by atoms with Crippen LogP contribution in [0.15, 0.2) is 54.6 Å². The highest BCUT2D eigenvalue weighted by Gasteiger charge is 2.22. The van der Waals surface area contributed by atoms with Crippen molar-refractivity contribution in [3.05, 3.63) is 60.2 Å². The van der Waals surface area contributed by atoms with Gasteiger partial charge in [0.25, 0.3) is 5.78 Å². The minimum Gasteiger partial charge on any atom is -0.460 e. The van der Waals surface area contributed by atoms with Crippen LogP contribution in [-0.2, 0) is 9.53 Å². The number of carbonyl (C=O) groups excluding carboxylic acids is 2. The maximum atomic E-state index is 12.5. The van der Waals surface area contributed by atoms with Gasteiger partial charge in [-0.25, -0.2) is 4.79 Å². The third-order valence-corrected chi connectivity index (χ3v) is 3.46. The number of fused-ring (bicyclic) bond motifs is 2. The molecule has 0 saturated heterocycles. The lowest BCUT2D eigenvalue weighted by molar-refractivity contribution is -0.137. The van der Waals surface area contributed by atoms with Crippen LogP contribution in [0.3, 0.4) is 0 Å². The molecule has 21 heavy (non-hydrogen) atoms. The summed E-state index contributed by atoms with van der Waals surface area (Å²) in [6.07, 6.45) is 0. The van der Waals surface area contributed by atoms with Gasteiger partial charge in [0.15, 0.2) is 0 Å². The first-order valence-corrected chi connectivity index (χ1v) is 6.84. The highest BCUT2D eigenvalue weighted by Crippen LogP contribution is 2.29. The molecule has 104 valence electrons. The van der Waals surface area contributed by atoms with Gasteiger partial charge in [-0.15, -0.1) is 0 Å². The zero-order valence-electron chi connectivity index (χ0n) is 11.6. The van der Waals surface area contributed by atoms with Crippen molar-refractivity contribution in [2.45, 2.75) is 6.92 Å². The van der Waals surface area contributed by atoms with Crippen molar-refractivity contribution < 1.29 is 14.3 Å². The Labute approximate surface area is 122 Å². The number of ketones is 1. The molecule has 0 N–H and O–H groups in total. The number of benzene rings is 3. The van der Waals surface area contributed by atoms with Crippen LogP contribution >= 0.6 is 0 Å². The summed E-state index contributed by atoms with van der Waals surface area (Å²) in [6, 6.07) is 17.1. The van der Waals surface area contributed by atoms with Crippen molar-refractivity contribution in [2.75, 3.05) is 6.61 Å². The molecule has 0 unspecified atom stereocenters. The van der Waals surface area contributed by atoms with Gasteiger partial charge in [-0.2, -0.15) is 0 Å². The Hall–Kier alpha value is -2.68. The fourth-order valence-corrected chi connectivity index (χ4v) is 2.56. The van der Waals surface area contributed by atoms with E-state index < -0.39 is 11.8 Å². The molecule has 3 aromatic carbocycles. The predicted molar refractivity (Wildman–Crippen MR) is 82.4 cm³/mol. The van der Waals surface area contributed by atoms with Crippen LogP contribution in [0.2, 0.25) is 0 Å². The van der Waals surface area contributed by atoms with E-state index in [2.05, 4.69) is 0 Å². The second-order valence-corrected chi connectivity index (χ2v) is 4.74. The second-order valence-electron chi connectivity index (χ2n) is 4.74. The van der Waals surface area contributed by atoms with Crippen LogP contribution in [0.5, 0.6) is 0 Å². The molecule has 0 aliphatic rings. The summed E-state index contributed by atoms with van der Waals surface area (Å²) in [7, 11) is 0. The Balaban J connectivity index is 2.35. The van der Waals surface area contributed by atoms with Gasteiger partial charge in [-0.1, -0.05) is 48.5 Å². The van der Waals surface area contributed by atoms with E-state index in [1.54, 1.807) is 6.92 Å². The van der Waals surface area contributed by atoms with Gasteiger partial charge >= 0.3 is 5.97 Å². The lowest BCUT2D eigenvalue weighted by atomic mass is 9.94. The second kappa shape index (κ2) is 5.37. The number of ether oxygens (including phenoxy) is 1. The smallest absolute Gasteiger partial charge is 0.379 e. The van der Waals surface area contributed by atoms with Crippen LogP contribution in [-0.4, -0.2) is 18.4 Å². The summed E-state index contributed by atoms with van der Waals surface area (Å²) in [5, 5.41) is 3.41. The summed E-state index contributed by atoms with van der Waals surface area (Å²) < 4.78 is 4.87. The van der Waals surface area contributed by atoms with Crippen molar-refractivity contribution in [2.24, 2.45) is 0 Å². The summed E-state index contributed by atoms with van der Waals surface area (Å²) >= 11 is 0. The van der Waals surface area contributed by atoms with Crippen molar-refractivity contribution >= 4 is 33.3 Å². The van der Waals surface area contributed by atoms with Crippen molar-refractivity contribution in [1.29, 1.82) is 0 Å². The fraction of sp³-hybridized carbons (Fsp3) is 0.111. The van der Waals surface area contributed by atoms with Crippen LogP contribution in [0.1, 0.15) is 17.3 Å². The van der Waals surface area contributed by atoms with Gasteiger partial charge < -0.3 is 4.74 Å². The standard InChI is InChI=1S/C18H14O3/c1-2-21-18(20)17(19)16-14-9-5-3-7-12(14)11-13-8-4-6-10-15(13)16/h3-11H,2H2,1H3. The summed E-state index contributed by atoms with van der Waals surface area (Å²) in [4.78, 5) is 24.3. The predicted octanol–water partition coefficient (Wildman–Crippen LogP) is 3.74. The zero-order chi connectivity index (χ0) is 14.8. The highest BCUT2D eigenvalue weighted by molar-refractivity contribution is 6.45. The largest absolute Gasteiger partial charge is 0.460 e. The minimum absolute atomic E-state index is 0.188. The number of hydrogen-bond donors (Lipinski definition) is 0. The maximum absolute atomic E-state index is 12.5. The number of Topliss-reactive ketones (excluding diaryl/α,β-unsaturated/α-hetero) is 1. The molecule has 0 aliphatic heterocycles. The number of carbonyl (C=O) groups is 2.